The van der Waals surface area contributed by atoms with Gasteiger partial charge in [0.2, 0.25) is 6.29 Å². The number of hydrogen-bond donors (Lipinski definition) is 17. The van der Waals surface area contributed by atoms with Crippen LogP contribution in [-0.4, -0.2) is 285 Å². The largest absolute Gasteiger partial charge is 0.432 e. The van der Waals surface area contributed by atoms with Crippen LogP contribution in [0, 0.1) is 28.1 Å². The highest BCUT2D eigenvalue weighted by Gasteiger charge is 2.70. The van der Waals surface area contributed by atoms with Gasteiger partial charge in [0.05, 0.1) is 44.1 Å². The molecule has 31 atom stereocenters. The molecule has 9 aliphatic rings. The van der Waals surface area contributed by atoms with Crippen molar-refractivity contribution in [2.75, 3.05) is 33.0 Å². The molecule has 1 spiro atoms. The highest BCUT2D eigenvalue weighted by atomic mass is 16.8. The van der Waals surface area contributed by atoms with Crippen molar-refractivity contribution in [3.8, 4) is 0 Å². The van der Waals surface area contributed by atoms with E-state index in [9.17, 15) is 91.6 Å². The number of carbonyl (C=O) groups is 1. The number of ether oxygens (including phenoxy) is 10. The van der Waals surface area contributed by atoms with Crippen molar-refractivity contribution in [1.82, 2.24) is 0 Å². The molecule has 448 valence electrons. The van der Waals surface area contributed by atoms with Crippen LogP contribution in [0.1, 0.15) is 71.6 Å². The van der Waals surface area contributed by atoms with Gasteiger partial charge in [0.15, 0.2) is 31.3 Å². The molecule has 0 radical (unpaired) electrons. The summed E-state index contributed by atoms with van der Waals surface area (Å²) < 4.78 is 60.3. The zero-order valence-electron chi connectivity index (χ0n) is 43.3. The van der Waals surface area contributed by atoms with Gasteiger partial charge in [-0.3, -0.25) is 4.79 Å². The number of carbonyl (C=O) groups excluding carboxylic acids is 1. The summed E-state index contributed by atoms with van der Waals surface area (Å²) in [6.45, 7) is 4.32. The average molecular weight is 1130 g/mol. The van der Waals surface area contributed by atoms with E-state index in [0.29, 0.717) is 63.4 Å². The van der Waals surface area contributed by atoms with E-state index in [2.05, 4.69) is 13.5 Å². The summed E-state index contributed by atoms with van der Waals surface area (Å²) in [4.78, 5) is 14.9. The third-order valence-electron chi connectivity index (χ3n) is 19.2. The average Bonchev–Trinajstić information content (AvgIpc) is 3.69. The molecule has 0 aromatic heterocycles. The van der Waals surface area contributed by atoms with Crippen molar-refractivity contribution in [3.63, 3.8) is 0 Å². The molecular weight excluding hydrogens is 1050 g/mol. The van der Waals surface area contributed by atoms with E-state index in [1.54, 1.807) is 6.92 Å². The van der Waals surface area contributed by atoms with Crippen molar-refractivity contribution < 1.29 is 139 Å². The van der Waals surface area contributed by atoms with Crippen LogP contribution in [0.4, 0.5) is 0 Å². The number of fused-ring (bicyclic) bond motifs is 3. The topological polar surface area (TPSA) is 453 Å². The minimum Gasteiger partial charge on any atom is -0.432 e. The van der Waals surface area contributed by atoms with Crippen LogP contribution < -0.4 is 0 Å². The molecule has 5 saturated heterocycles. The Hall–Kier alpha value is -1.83. The normalized spacial score (nSPS) is 54.5. The second-order valence-corrected chi connectivity index (χ2v) is 23.6. The first-order valence-electron chi connectivity index (χ1n) is 26.9. The highest BCUT2D eigenvalue weighted by Crippen LogP contribution is 2.74. The van der Waals surface area contributed by atoms with Gasteiger partial charge >= 0.3 is 5.97 Å². The Labute approximate surface area is 448 Å². The molecule has 28 heteroatoms. The predicted molar refractivity (Wildman–Crippen MR) is 252 cm³/mol. The lowest BCUT2D eigenvalue weighted by atomic mass is 9.41. The van der Waals surface area contributed by atoms with Gasteiger partial charge in [-0.2, -0.15) is 0 Å². The van der Waals surface area contributed by atoms with E-state index in [1.807, 2.05) is 0 Å². The van der Waals surface area contributed by atoms with Crippen molar-refractivity contribution in [2.24, 2.45) is 28.1 Å². The fourth-order valence-electron chi connectivity index (χ4n) is 15.0. The van der Waals surface area contributed by atoms with Gasteiger partial charge in [-0.25, -0.2) is 0 Å². The maximum absolute atomic E-state index is 14.9. The second-order valence-electron chi connectivity index (χ2n) is 23.6. The molecule has 0 aromatic carbocycles. The Kier molecular flexibility index (Phi) is 18.2. The van der Waals surface area contributed by atoms with E-state index < -0.39 is 214 Å². The quantitative estimate of drug-likeness (QED) is 0.0411. The third kappa shape index (κ3) is 10.3. The molecule has 0 aromatic rings. The van der Waals surface area contributed by atoms with Crippen LogP contribution in [0.3, 0.4) is 0 Å². The molecule has 9 fully saturated rings. The minimum absolute atomic E-state index is 0.0705. The maximum Gasteiger partial charge on any atom is 0.314 e. The molecular formula is C50H80O28. The standard InChI is InChI=1S/C50H80O28/c1-18-11-49-9-5-24-47(2,7-4-8-48(24,3)46(68)77-44-39(34(64)29(59)22(15-54)72-44)75-42-36(66)32(62)27(57)20(13-52)70-42)25(49)6-10-50(18,17-49)78-45-40(76-43-37(67)33(63)28(58)21(14-53)71-43)38(30(60)23(16-55)73-45)74-41-35(65)31(61)26(56)19(12-51)69-41/h19-45,51-67H,1,4-17H2,2-3H3/t19?,20?,21?,22?,23?,24-,25-,26?,27?,28?,29?,30?,31?,32?,33?,34?,35?,36?,37?,38?,39?,40-,41?,42?,43?,44?,45?,47+,48+,49+,50-/m0/s1. The Morgan fingerprint density at radius 3 is 1.41 bits per heavy atom. The second kappa shape index (κ2) is 23.3. The Balaban J connectivity index is 0.968. The SMILES string of the molecule is C=C1C[C@@]23CC[C@H]4[C@@](C)(CCC[C@@]4(C)C(=O)OC4OC(CO)C(O)C(O)C4OC4OC(CO)C(O)C(O)C4O)[C@@H]2CC[C@]1(OC1OC(CO)C(O)C(OC2OC(CO)C(O)C(O)C2O)[C@@H]1OC1OC(CO)C(O)C(O)C1O)C3. The monoisotopic (exact) mass is 1130 g/mol. The predicted octanol–water partition coefficient (Wildman–Crippen LogP) is -7.29. The summed E-state index contributed by atoms with van der Waals surface area (Å²) in [5.74, 6) is -1.14. The molecule has 78 heavy (non-hydrogen) atoms. The van der Waals surface area contributed by atoms with Crippen molar-refractivity contribution in [2.45, 2.75) is 231 Å². The van der Waals surface area contributed by atoms with E-state index >= 15 is 0 Å². The van der Waals surface area contributed by atoms with Gasteiger partial charge < -0.3 is 134 Å². The van der Waals surface area contributed by atoms with Crippen LogP contribution in [0.5, 0.6) is 0 Å². The zero-order valence-corrected chi connectivity index (χ0v) is 43.3. The zero-order chi connectivity index (χ0) is 56.7. The van der Waals surface area contributed by atoms with Crippen molar-refractivity contribution in [3.05, 3.63) is 12.2 Å². The molecule has 4 saturated carbocycles. The van der Waals surface area contributed by atoms with Crippen LogP contribution in [0.25, 0.3) is 0 Å². The molecule has 28 nitrogen and oxygen atoms in total. The molecule has 4 aliphatic carbocycles. The third-order valence-corrected chi connectivity index (χ3v) is 19.2. The number of aliphatic hydroxyl groups excluding tert-OH is 17. The van der Waals surface area contributed by atoms with Gasteiger partial charge in [0, 0.05) is 0 Å². The molecule has 17 N–H and O–H groups in total. The first kappa shape index (κ1) is 60.8. The Morgan fingerprint density at radius 2 is 0.910 bits per heavy atom. The minimum atomic E-state index is -1.99. The Bertz CT molecular complexity index is 2070. The molecule has 5 heterocycles. The summed E-state index contributed by atoms with van der Waals surface area (Å²) in [7, 11) is 0. The van der Waals surface area contributed by atoms with Crippen LogP contribution in [0.2, 0.25) is 0 Å². The van der Waals surface area contributed by atoms with E-state index in [1.165, 1.54) is 0 Å². The lowest BCUT2D eigenvalue weighted by Crippen LogP contribution is -2.68. The van der Waals surface area contributed by atoms with Crippen molar-refractivity contribution in [1.29, 1.82) is 0 Å². The summed E-state index contributed by atoms with van der Waals surface area (Å²) in [6.07, 6.45) is -39.9. The van der Waals surface area contributed by atoms with Gasteiger partial charge in [-0.1, -0.05) is 19.9 Å². The molecule has 2 bridgehead atoms. The van der Waals surface area contributed by atoms with Crippen LogP contribution in [-0.2, 0) is 52.2 Å². The van der Waals surface area contributed by atoms with Gasteiger partial charge in [-0.05, 0) is 86.5 Å². The lowest BCUT2D eigenvalue weighted by molar-refractivity contribution is -0.400. The maximum atomic E-state index is 14.9. The highest BCUT2D eigenvalue weighted by molar-refractivity contribution is 5.77. The van der Waals surface area contributed by atoms with E-state index in [0.717, 1.165) is 0 Å². The van der Waals surface area contributed by atoms with E-state index in [-0.39, 0.29) is 11.8 Å². The summed E-state index contributed by atoms with van der Waals surface area (Å²) in [5.41, 5.74) is -2.81. The van der Waals surface area contributed by atoms with Gasteiger partial charge in [0.1, 0.15) is 116 Å². The summed E-state index contributed by atoms with van der Waals surface area (Å²) in [6, 6.07) is 0. The van der Waals surface area contributed by atoms with Gasteiger partial charge in [0.25, 0.3) is 0 Å². The molecule has 24 unspecified atom stereocenters. The summed E-state index contributed by atoms with van der Waals surface area (Å²) >= 11 is 0. The molecule has 0 amide bonds. The number of aliphatic hydroxyl groups is 17. The fourth-order valence-corrected chi connectivity index (χ4v) is 15.0. The van der Waals surface area contributed by atoms with Crippen LogP contribution in [0.15, 0.2) is 12.2 Å². The summed E-state index contributed by atoms with van der Waals surface area (Å²) in [5, 5.41) is 181. The van der Waals surface area contributed by atoms with Crippen molar-refractivity contribution >= 4 is 5.97 Å². The van der Waals surface area contributed by atoms with E-state index in [4.69, 9.17) is 47.4 Å². The number of hydrogen-bond acceptors (Lipinski definition) is 28. The smallest absolute Gasteiger partial charge is 0.314 e. The number of esters is 1. The van der Waals surface area contributed by atoms with Crippen LogP contribution >= 0.6 is 0 Å². The number of rotatable bonds is 15. The van der Waals surface area contributed by atoms with Gasteiger partial charge in [-0.15, -0.1) is 0 Å². The fraction of sp³-hybridized carbons (Fsp3) is 0.940. The lowest BCUT2D eigenvalue weighted by Gasteiger charge is -2.64. The first-order valence-corrected chi connectivity index (χ1v) is 26.9. The molecule has 5 aliphatic heterocycles. The Morgan fingerprint density at radius 1 is 0.487 bits per heavy atom. The molecule has 9 rings (SSSR count). The first-order chi connectivity index (χ1) is 36.9.